The highest BCUT2D eigenvalue weighted by Crippen LogP contribution is 2.43. The molecule has 1 fully saturated rings. The molecule has 0 unspecified atom stereocenters. The highest BCUT2D eigenvalue weighted by molar-refractivity contribution is 7.99. The van der Waals surface area contributed by atoms with Crippen molar-refractivity contribution in [3.05, 3.63) is 42.2 Å². The maximum atomic E-state index is 13.1. The van der Waals surface area contributed by atoms with Crippen molar-refractivity contribution in [3.63, 3.8) is 0 Å². The van der Waals surface area contributed by atoms with E-state index in [9.17, 15) is 4.39 Å². The van der Waals surface area contributed by atoms with Crippen LogP contribution >= 0.6 is 11.8 Å². The van der Waals surface area contributed by atoms with E-state index < -0.39 is 0 Å². The van der Waals surface area contributed by atoms with Crippen LogP contribution < -0.4 is 18.9 Å². The van der Waals surface area contributed by atoms with E-state index >= 15 is 0 Å². The van der Waals surface area contributed by atoms with Crippen molar-refractivity contribution >= 4 is 11.8 Å². The van der Waals surface area contributed by atoms with Gasteiger partial charge in [-0.1, -0.05) is 31.0 Å². The van der Waals surface area contributed by atoms with Gasteiger partial charge in [0.2, 0.25) is 5.75 Å². The SMILES string of the molecule is COc1cc(-c2nnc(SCCOc3ccc(F)cc3)n2C2CCCCC2)cc(OC)c1OC. The number of halogens is 1. The first-order chi connectivity index (χ1) is 16.6. The average molecular weight is 488 g/mol. The molecule has 2 aromatic carbocycles. The van der Waals surface area contributed by atoms with Crippen LogP contribution in [0.1, 0.15) is 38.1 Å². The van der Waals surface area contributed by atoms with Crippen LogP contribution in [0.3, 0.4) is 0 Å². The minimum atomic E-state index is -0.276. The zero-order chi connectivity index (χ0) is 23.9. The highest BCUT2D eigenvalue weighted by atomic mass is 32.2. The van der Waals surface area contributed by atoms with Gasteiger partial charge in [0.15, 0.2) is 22.5 Å². The molecule has 1 aromatic heterocycles. The van der Waals surface area contributed by atoms with Crippen molar-refractivity contribution in [2.45, 2.75) is 43.3 Å². The van der Waals surface area contributed by atoms with Gasteiger partial charge in [0.05, 0.1) is 27.9 Å². The van der Waals surface area contributed by atoms with Crippen LogP contribution in [0.2, 0.25) is 0 Å². The smallest absolute Gasteiger partial charge is 0.203 e. The molecule has 9 heteroatoms. The molecule has 0 radical (unpaired) electrons. The fourth-order valence-electron chi connectivity index (χ4n) is 4.27. The number of hydrogen-bond acceptors (Lipinski definition) is 7. The van der Waals surface area contributed by atoms with Crippen LogP contribution in [0.25, 0.3) is 11.4 Å². The number of hydrogen-bond donors (Lipinski definition) is 0. The zero-order valence-electron chi connectivity index (χ0n) is 19.8. The second kappa shape index (κ2) is 11.5. The average Bonchev–Trinajstić information content (AvgIpc) is 3.31. The Morgan fingerprint density at radius 2 is 1.62 bits per heavy atom. The van der Waals surface area contributed by atoms with E-state index in [0.717, 1.165) is 29.4 Å². The Bertz CT molecular complexity index is 1060. The predicted octanol–water partition coefficient (Wildman–Crippen LogP) is 5.79. The molecule has 0 atom stereocenters. The third kappa shape index (κ3) is 5.41. The van der Waals surface area contributed by atoms with Gasteiger partial charge in [-0.15, -0.1) is 10.2 Å². The third-order valence-corrected chi connectivity index (χ3v) is 6.83. The lowest BCUT2D eigenvalue weighted by molar-refractivity contribution is 0.324. The van der Waals surface area contributed by atoms with Crippen molar-refractivity contribution in [2.75, 3.05) is 33.7 Å². The number of thioether (sulfide) groups is 1. The van der Waals surface area contributed by atoms with E-state index in [0.29, 0.717) is 41.4 Å². The molecule has 0 aliphatic heterocycles. The third-order valence-electron chi connectivity index (χ3n) is 5.92. The van der Waals surface area contributed by atoms with Gasteiger partial charge in [-0.05, 0) is 49.2 Å². The Hall–Kier alpha value is -2.94. The summed E-state index contributed by atoms with van der Waals surface area (Å²) in [6.45, 7) is 0.480. The molecule has 4 rings (SSSR count). The number of rotatable bonds is 10. The Morgan fingerprint density at radius 1 is 0.941 bits per heavy atom. The molecule has 182 valence electrons. The lowest BCUT2D eigenvalue weighted by Crippen LogP contribution is -2.15. The summed E-state index contributed by atoms with van der Waals surface area (Å²) >= 11 is 1.61. The van der Waals surface area contributed by atoms with Crippen molar-refractivity contribution in [1.82, 2.24) is 14.8 Å². The Morgan fingerprint density at radius 3 is 2.24 bits per heavy atom. The number of benzene rings is 2. The van der Waals surface area contributed by atoms with Gasteiger partial charge < -0.3 is 18.9 Å². The summed E-state index contributed by atoms with van der Waals surface area (Å²) in [5, 5.41) is 9.97. The van der Waals surface area contributed by atoms with Crippen molar-refractivity contribution in [2.24, 2.45) is 0 Å². The normalized spacial score (nSPS) is 14.1. The fraction of sp³-hybridized carbons (Fsp3) is 0.440. The molecule has 3 aromatic rings. The summed E-state index contributed by atoms with van der Waals surface area (Å²) in [7, 11) is 4.80. The first kappa shape index (κ1) is 24.2. The largest absolute Gasteiger partial charge is 0.493 e. The first-order valence-corrected chi connectivity index (χ1v) is 12.4. The number of methoxy groups -OCH3 is 3. The molecule has 7 nitrogen and oxygen atoms in total. The quantitative estimate of drug-likeness (QED) is 0.265. The van der Waals surface area contributed by atoms with Crippen LogP contribution in [0.15, 0.2) is 41.6 Å². The van der Waals surface area contributed by atoms with E-state index in [1.165, 1.54) is 31.4 Å². The Balaban J connectivity index is 1.59. The standard InChI is InChI=1S/C25H30FN3O4S/c1-30-21-15-17(16-22(31-2)23(21)32-3)24-27-28-25(29(24)19-7-5-4-6-8-19)34-14-13-33-20-11-9-18(26)10-12-20/h9-12,15-16,19H,4-8,13-14H2,1-3H3. The number of nitrogens with zero attached hydrogens (tertiary/aromatic N) is 3. The molecule has 34 heavy (non-hydrogen) atoms. The second-order valence-electron chi connectivity index (χ2n) is 8.03. The van der Waals surface area contributed by atoms with Gasteiger partial charge in [-0.2, -0.15) is 0 Å². The minimum absolute atomic E-state index is 0.276. The summed E-state index contributed by atoms with van der Waals surface area (Å²) < 4.78 is 37.7. The van der Waals surface area contributed by atoms with Gasteiger partial charge in [0.1, 0.15) is 11.6 Å². The van der Waals surface area contributed by atoms with Crippen LogP contribution in [-0.2, 0) is 0 Å². The predicted molar refractivity (Wildman–Crippen MR) is 130 cm³/mol. The lowest BCUT2D eigenvalue weighted by Gasteiger charge is -2.26. The van der Waals surface area contributed by atoms with E-state index in [1.807, 2.05) is 12.1 Å². The maximum Gasteiger partial charge on any atom is 0.203 e. The van der Waals surface area contributed by atoms with Gasteiger partial charge in [-0.25, -0.2) is 4.39 Å². The fourth-order valence-corrected chi connectivity index (χ4v) is 5.10. The van der Waals surface area contributed by atoms with Crippen LogP contribution in [0.4, 0.5) is 4.39 Å². The van der Waals surface area contributed by atoms with Crippen LogP contribution in [0.5, 0.6) is 23.0 Å². The molecule has 1 aliphatic carbocycles. The Kier molecular flexibility index (Phi) is 8.16. The maximum absolute atomic E-state index is 13.1. The molecule has 0 bridgehead atoms. The van der Waals surface area contributed by atoms with Gasteiger partial charge in [0, 0.05) is 17.4 Å². The lowest BCUT2D eigenvalue weighted by atomic mass is 9.95. The topological polar surface area (TPSA) is 67.6 Å². The monoisotopic (exact) mass is 487 g/mol. The molecular weight excluding hydrogens is 457 g/mol. The summed E-state index contributed by atoms with van der Waals surface area (Å²) in [6.07, 6.45) is 5.82. The van der Waals surface area contributed by atoms with Crippen molar-refractivity contribution < 1.29 is 23.3 Å². The summed E-state index contributed by atoms with van der Waals surface area (Å²) in [4.78, 5) is 0. The molecular formula is C25H30FN3O4S. The minimum Gasteiger partial charge on any atom is -0.493 e. The van der Waals surface area contributed by atoms with E-state index in [2.05, 4.69) is 14.8 Å². The highest BCUT2D eigenvalue weighted by Gasteiger charge is 2.25. The van der Waals surface area contributed by atoms with Gasteiger partial charge >= 0.3 is 0 Å². The van der Waals surface area contributed by atoms with Crippen molar-refractivity contribution in [1.29, 1.82) is 0 Å². The van der Waals surface area contributed by atoms with Gasteiger partial charge in [0.25, 0.3) is 0 Å². The van der Waals surface area contributed by atoms with E-state index in [-0.39, 0.29) is 5.82 Å². The van der Waals surface area contributed by atoms with Crippen molar-refractivity contribution in [3.8, 4) is 34.4 Å². The molecule has 0 saturated heterocycles. The summed E-state index contributed by atoms with van der Waals surface area (Å²) in [6, 6.07) is 10.2. The van der Waals surface area contributed by atoms with Gasteiger partial charge in [-0.3, -0.25) is 4.57 Å². The molecule has 1 aliphatic rings. The molecule has 0 N–H and O–H groups in total. The Labute approximate surface area is 203 Å². The second-order valence-corrected chi connectivity index (χ2v) is 9.09. The van der Waals surface area contributed by atoms with Crippen LogP contribution in [-0.4, -0.2) is 48.5 Å². The molecule has 1 saturated carbocycles. The van der Waals surface area contributed by atoms with E-state index in [4.69, 9.17) is 18.9 Å². The molecule has 0 spiro atoms. The van der Waals surface area contributed by atoms with E-state index in [1.54, 1.807) is 45.2 Å². The molecule has 0 amide bonds. The first-order valence-electron chi connectivity index (χ1n) is 11.4. The molecule has 1 heterocycles. The zero-order valence-corrected chi connectivity index (χ0v) is 20.6. The summed E-state index contributed by atoms with van der Waals surface area (Å²) in [5.74, 6) is 3.56. The summed E-state index contributed by atoms with van der Waals surface area (Å²) in [5.41, 5.74) is 0.863. The number of aromatic nitrogens is 3. The van der Waals surface area contributed by atoms with Crippen LogP contribution in [0, 0.1) is 5.82 Å². The number of ether oxygens (including phenoxy) is 4.